The molecule has 0 saturated carbocycles. The summed E-state index contributed by atoms with van der Waals surface area (Å²) in [5, 5.41) is 2.71. The maximum Gasteiger partial charge on any atom is 0.296 e. The molecule has 1 heterocycles. The van der Waals surface area contributed by atoms with E-state index in [2.05, 4.69) is 17.2 Å². The highest BCUT2D eigenvalue weighted by Crippen LogP contribution is 2.20. The van der Waals surface area contributed by atoms with Crippen LogP contribution in [0.4, 0.5) is 0 Å². The Morgan fingerprint density at radius 1 is 1.35 bits per heavy atom. The summed E-state index contributed by atoms with van der Waals surface area (Å²) in [6.07, 6.45) is 0.600. The summed E-state index contributed by atoms with van der Waals surface area (Å²) in [6.45, 7) is 2.27. The fraction of sp³-hybridized carbons (Fsp3) is 0.357. The average Bonchev–Trinajstić information content (AvgIpc) is 2.89. The van der Waals surface area contributed by atoms with Gasteiger partial charge >= 0.3 is 0 Å². The molecule has 0 bridgehead atoms. The molecule has 6 heteroatoms. The normalized spacial score (nSPS) is 19.1. The lowest BCUT2D eigenvalue weighted by molar-refractivity contribution is -0.116. The zero-order chi connectivity index (χ0) is 14.6. The van der Waals surface area contributed by atoms with E-state index in [1.54, 1.807) is 37.3 Å². The molecule has 0 aliphatic carbocycles. The summed E-state index contributed by atoms with van der Waals surface area (Å²) in [7, 11) is -3.47. The van der Waals surface area contributed by atoms with Gasteiger partial charge in [0.1, 0.15) is 0 Å². The Hall–Kier alpha value is -1.84. The van der Waals surface area contributed by atoms with E-state index in [1.165, 1.54) is 4.31 Å². The lowest BCUT2D eigenvalue weighted by atomic mass is 10.2. The van der Waals surface area contributed by atoms with Gasteiger partial charge in [-0.05, 0) is 31.4 Å². The lowest BCUT2D eigenvalue weighted by Crippen LogP contribution is -2.37. The Balaban J connectivity index is 2.05. The van der Waals surface area contributed by atoms with Gasteiger partial charge in [0, 0.05) is 19.1 Å². The summed E-state index contributed by atoms with van der Waals surface area (Å²) < 4.78 is 26.1. The molecule has 1 aliphatic rings. The standard InChI is InChI=1S/C14H16N2O3S/c1-2-6-14(17)15-12-9-10-16(11-12)20(18,19)13-7-4-3-5-8-13/h3-5,7-8,12H,9-11H2,1H3,(H,15,17)/t12-/m0/s1. The largest absolute Gasteiger partial charge is 0.341 e. The molecule has 20 heavy (non-hydrogen) atoms. The van der Waals surface area contributed by atoms with E-state index in [1.807, 2.05) is 0 Å². The molecule has 106 valence electrons. The van der Waals surface area contributed by atoms with Crippen molar-refractivity contribution in [2.75, 3.05) is 13.1 Å². The molecule has 1 fully saturated rings. The van der Waals surface area contributed by atoms with Crippen LogP contribution in [0.2, 0.25) is 0 Å². The van der Waals surface area contributed by atoms with Gasteiger partial charge in [-0.25, -0.2) is 8.42 Å². The number of hydrogen-bond donors (Lipinski definition) is 1. The quantitative estimate of drug-likeness (QED) is 0.829. The highest BCUT2D eigenvalue weighted by Gasteiger charge is 2.32. The van der Waals surface area contributed by atoms with E-state index < -0.39 is 10.0 Å². The van der Waals surface area contributed by atoms with Crippen molar-refractivity contribution in [2.45, 2.75) is 24.3 Å². The third-order valence-electron chi connectivity index (χ3n) is 3.11. The molecule has 0 aromatic heterocycles. The van der Waals surface area contributed by atoms with Gasteiger partial charge in [0.05, 0.1) is 4.90 Å². The summed E-state index contributed by atoms with van der Waals surface area (Å²) in [4.78, 5) is 11.7. The first-order chi connectivity index (χ1) is 9.54. The van der Waals surface area contributed by atoms with Crippen molar-refractivity contribution >= 4 is 15.9 Å². The molecule has 0 unspecified atom stereocenters. The first-order valence-electron chi connectivity index (χ1n) is 6.32. The second kappa shape index (κ2) is 6.07. The number of amides is 1. The molecule has 2 rings (SSSR count). The summed E-state index contributed by atoms with van der Waals surface area (Å²) in [5.74, 6) is 4.54. The van der Waals surface area contributed by atoms with Gasteiger partial charge < -0.3 is 5.32 Å². The lowest BCUT2D eigenvalue weighted by Gasteiger charge is -2.16. The fourth-order valence-corrected chi connectivity index (χ4v) is 3.66. The second-order valence-corrected chi connectivity index (χ2v) is 6.45. The van der Waals surface area contributed by atoms with Crippen molar-refractivity contribution in [3.05, 3.63) is 30.3 Å². The second-order valence-electron chi connectivity index (χ2n) is 4.51. The summed E-state index contributed by atoms with van der Waals surface area (Å²) >= 11 is 0. The van der Waals surface area contributed by atoms with Crippen LogP contribution in [0.15, 0.2) is 35.2 Å². The Bertz CT molecular complexity index is 644. The Morgan fingerprint density at radius 2 is 2.05 bits per heavy atom. The molecule has 1 N–H and O–H groups in total. The number of benzene rings is 1. The van der Waals surface area contributed by atoms with Crippen LogP contribution >= 0.6 is 0 Å². The number of rotatable bonds is 3. The van der Waals surface area contributed by atoms with Crippen molar-refractivity contribution < 1.29 is 13.2 Å². The third-order valence-corrected chi connectivity index (χ3v) is 4.99. The van der Waals surface area contributed by atoms with E-state index in [4.69, 9.17) is 0 Å². The monoisotopic (exact) mass is 292 g/mol. The van der Waals surface area contributed by atoms with Crippen LogP contribution in [-0.2, 0) is 14.8 Å². The SMILES string of the molecule is CC#CC(=O)N[C@H]1CCN(S(=O)(=O)c2ccccc2)C1. The molecular weight excluding hydrogens is 276 g/mol. The van der Waals surface area contributed by atoms with E-state index in [0.29, 0.717) is 13.0 Å². The topological polar surface area (TPSA) is 66.5 Å². The predicted octanol–water partition coefficient (Wildman–Crippen LogP) is 0.589. The van der Waals surface area contributed by atoms with Gasteiger partial charge in [0.15, 0.2) is 0 Å². The van der Waals surface area contributed by atoms with E-state index in [-0.39, 0.29) is 23.4 Å². The number of hydrogen-bond acceptors (Lipinski definition) is 3. The predicted molar refractivity (Wildman–Crippen MR) is 75.2 cm³/mol. The van der Waals surface area contributed by atoms with Crippen LogP contribution in [-0.4, -0.2) is 37.8 Å². The molecule has 1 saturated heterocycles. The van der Waals surface area contributed by atoms with Gasteiger partial charge in [-0.15, -0.1) is 0 Å². The number of sulfonamides is 1. The number of carbonyl (C=O) groups excluding carboxylic acids is 1. The average molecular weight is 292 g/mol. The third kappa shape index (κ3) is 3.18. The van der Waals surface area contributed by atoms with Gasteiger partial charge in [0.25, 0.3) is 5.91 Å². The van der Waals surface area contributed by atoms with E-state index in [9.17, 15) is 13.2 Å². The molecule has 1 aliphatic heterocycles. The zero-order valence-electron chi connectivity index (χ0n) is 11.2. The first-order valence-corrected chi connectivity index (χ1v) is 7.76. The van der Waals surface area contributed by atoms with Gasteiger partial charge in [-0.1, -0.05) is 24.1 Å². The van der Waals surface area contributed by atoms with Crippen LogP contribution in [0.25, 0.3) is 0 Å². The van der Waals surface area contributed by atoms with Crippen LogP contribution in [0, 0.1) is 11.8 Å². The van der Waals surface area contributed by atoms with Crippen LogP contribution in [0.3, 0.4) is 0 Å². The first kappa shape index (κ1) is 14.6. The summed E-state index contributed by atoms with van der Waals surface area (Å²) in [6, 6.07) is 8.13. The molecular formula is C14H16N2O3S. The van der Waals surface area contributed by atoms with Crippen LogP contribution in [0.5, 0.6) is 0 Å². The summed E-state index contributed by atoms with van der Waals surface area (Å²) in [5.41, 5.74) is 0. The Labute approximate surface area is 119 Å². The maximum absolute atomic E-state index is 12.4. The van der Waals surface area contributed by atoms with Crippen molar-refractivity contribution in [1.82, 2.24) is 9.62 Å². The Kier molecular flexibility index (Phi) is 4.42. The minimum atomic E-state index is -3.47. The van der Waals surface area contributed by atoms with Crippen molar-refractivity contribution in [1.29, 1.82) is 0 Å². The number of nitrogens with zero attached hydrogens (tertiary/aromatic N) is 1. The number of nitrogens with one attached hydrogen (secondary N) is 1. The molecule has 1 aromatic carbocycles. The fourth-order valence-electron chi connectivity index (χ4n) is 2.14. The highest BCUT2D eigenvalue weighted by atomic mass is 32.2. The Morgan fingerprint density at radius 3 is 2.70 bits per heavy atom. The van der Waals surface area contributed by atoms with Crippen LogP contribution < -0.4 is 5.32 Å². The molecule has 0 spiro atoms. The smallest absolute Gasteiger partial charge is 0.296 e. The molecule has 0 radical (unpaired) electrons. The van der Waals surface area contributed by atoms with Crippen molar-refractivity contribution in [2.24, 2.45) is 0 Å². The van der Waals surface area contributed by atoms with Crippen LogP contribution in [0.1, 0.15) is 13.3 Å². The minimum Gasteiger partial charge on any atom is -0.341 e. The van der Waals surface area contributed by atoms with E-state index >= 15 is 0 Å². The maximum atomic E-state index is 12.4. The van der Waals surface area contributed by atoms with Gasteiger partial charge in [0.2, 0.25) is 10.0 Å². The molecule has 1 aromatic rings. The number of carbonyl (C=O) groups is 1. The minimum absolute atomic E-state index is 0.179. The highest BCUT2D eigenvalue weighted by molar-refractivity contribution is 7.89. The molecule has 1 atom stereocenters. The van der Waals surface area contributed by atoms with Gasteiger partial charge in [-0.2, -0.15) is 4.31 Å². The molecule has 1 amide bonds. The van der Waals surface area contributed by atoms with Gasteiger partial charge in [-0.3, -0.25) is 4.79 Å². The molecule has 5 nitrogen and oxygen atoms in total. The van der Waals surface area contributed by atoms with Crippen molar-refractivity contribution in [3.8, 4) is 11.8 Å². The van der Waals surface area contributed by atoms with E-state index in [0.717, 1.165) is 0 Å². The van der Waals surface area contributed by atoms with Crippen molar-refractivity contribution in [3.63, 3.8) is 0 Å². The zero-order valence-corrected chi connectivity index (χ0v) is 12.0.